The molecule has 2 unspecified atom stereocenters. The van der Waals surface area contributed by atoms with Crippen molar-refractivity contribution in [3.8, 4) is 0 Å². The number of nitrogens with zero attached hydrogens (tertiary/aromatic N) is 3. The van der Waals surface area contributed by atoms with Crippen molar-refractivity contribution in [2.75, 3.05) is 12.3 Å². The third-order valence-corrected chi connectivity index (χ3v) is 8.21. The zero-order chi connectivity index (χ0) is 24.1. The smallest absolute Gasteiger partial charge is 0.387 e. The molecule has 0 amide bonds. The lowest BCUT2D eigenvalue weighted by Crippen LogP contribution is -2.36. The summed E-state index contributed by atoms with van der Waals surface area (Å²) < 4.78 is 67.2. The Balaban J connectivity index is 1.75. The van der Waals surface area contributed by atoms with Crippen LogP contribution in [0.3, 0.4) is 0 Å². The van der Waals surface area contributed by atoms with Crippen molar-refractivity contribution in [1.29, 1.82) is 0 Å². The molecule has 0 bridgehead atoms. The molecule has 6 atom stereocenters. The number of nitrogens with two attached hydrogens (primary N) is 1. The summed E-state index contributed by atoms with van der Waals surface area (Å²) in [6.07, 6.45) is -4.45. The molecule has 32 heavy (non-hydrogen) atoms. The van der Waals surface area contributed by atoms with Gasteiger partial charge < -0.3 is 35.2 Å². The Morgan fingerprint density at radius 3 is 2.50 bits per heavy atom. The van der Waals surface area contributed by atoms with Crippen molar-refractivity contribution in [3.05, 3.63) is 24.2 Å². The molecule has 2 aromatic rings. The summed E-state index contributed by atoms with van der Waals surface area (Å²) in [4.78, 5) is 39.5. The second-order valence-electron chi connectivity index (χ2n) is 6.70. The third kappa shape index (κ3) is 5.25. The van der Waals surface area contributed by atoms with Gasteiger partial charge in [0.2, 0.25) is 0 Å². The maximum Gasteiger partial charge on any atom is 0.490 e. The molecule has 16 nitrogen and oxygen atoms in total. The fourth-order valence-electron chi connectivity index (χ4n) is 3.10. The van der Waals surface area contributed by atoms with Gasteiger partial charge in [-0.15, -0.1) is 0 Å². The first-order valence-electron chi connectivity index (χ1n) is 8.42. The van der Waals surface area contributed by atoms with Crippen molar-refractivity contribution in [1.82, 2.24) is 14.6 Å². The lowest BCUT2D eigenvalue weighted by atomic mass is 9.94. The summed E-state index contributed by atoms with van der Waals surface area (Å²) in [5, 5.41) is 14.2. The fraction of sp³-hybridized carbons (Fsp3) is 0.500. The standard InChI is InChI=1S/C12H18FN4O12P3/c1-12(8-3-2-6-11(14)15-5-16-17(6)8)10(13)9(18)7(27-12)4-26-31(22,23)29-32(24,25)28-30(19,20)21/h2-3,5,7,9-10,18H,4H2,1H3,(H,22,23)(H,24,25)(H2,14,15,16)(H2,19,20,21)/t7-,9-,10-,12+/m1/s1. The number of phosphoric acid groups is 3. The van der Waals surface area contributed by atoms with Gasteiger partial charge in [0.15, 0.2) is 12.0 Å². The van der Waals surface area contributed by atoms with Crippen molar-refractivity contribution in [2.24, 2.45) is 0 Å². The SMILES string of the molecule is C[C@@]1(c2ccc3c(N)ncnn23)O[C@H](COP(=O)(O)OP(=O)(O)OP(=O)(O)O)[C@@H](O)[C@H]1F. The van der Waals surface area contributed by atoms with E-state index >= 15 is 4.39 Å². The largest absolute Gasteiger partial charge is 0.490 e. The number of ether oxygens (including phenoxy) is 1. The van der Waals surface area contributed by atoms with Crippen LogP contribution in [0.25, 0.3) is 5.52 Å². The predicted molar refractivity (Wildman–Crippen MR) is 100 cm³/mol. The summed E-state index contributed by atoms with van der Waals surface area (Å²) in [7, 11) is -16.8. The first-order valence-corrected chi connectivity index (χ1v) is 12.9. The highest BCUT2D eigenvalue weighted by Gasteiger charge is 2.55. The fourth-order valence-corrected chi connectivity index (χ4v) is 6.13. The molecular formula is C12H18FN4O12P3. The Bertz CT molecular complexity index is 1160. The quantitative estimate of drug-likeness (QED) is 0.249. The number of hydrogen-bond donors (Lipinski definition) is 6. The lowest BCUT2D eigenvalue weighted by molar-refractivity contribution is -0.0770. The van der Waals surface area contributed by atoms with E-state index < -0.39 is 54.1 Å². The van der Waals surface area contributed by atoms with Crippen LogP contribution in [0, 0.1) is 0 Å². The number of halogens is 1. The molecular weight excluding hydrogens is 504 g/mol. The number of anilines is 1. The maximum absolute atomic E-state index is 15.0. The van der Waals surface area contributed by atoms with E-state index in [-0.39, 0.29) is 11.5 Å². The van der Waals surface area contributed by atoms with Crippen molar-refractivity contribution in [3.63, 3.8) is 0 Å². The van der Waals surface area contributed by atoms with Gasteiger partial charge in [0, 0.05) is 0 Å². The van der Waals surface area contributed by atoms with E-state index in [1.807, 2.05) is 0 Å². The van der Waals surface area contributed by atoms with Crippen LogP contribution in [0.1, 0.15) is 12.6 Å². The topological polar surface area (TPSA) is 245 Å². The van der Waals surface area contributed by atoms with E-state index in [4.69, 9.17) is 25.2 Å². The summed E-state index contributed by atoms with van der Waals surface area (Å²) in [6, 6.07) is 2.90. The molecule has 0 saturated carbocycles. The molecule has 1 aliphatic heterocycles. The Hall–Kier alpha value is -1.32. The number of aromatic nitrogens is 3. The minimum atomic E-state index is -5.73. The summed E-state index contributed by atoms with van der Waals surface area (Å²) in [5.74, 6) is 0.0908. The van der Waals surface area contributed by atoms with Gasteiger partial charge in [-0.1, -0.05) is 0 Å². The van der Waals surface area contributed by atoms with Crippen LogP contribution < -0.4 is 5.73 Å². The van der Waals surface area contributed by atoms with Crippen LogP contribution in [-0.2, 0) is 37.2 Å². The van der Waals surface area contributed by atoms with Crippen LogP contribution in [0.15, 0.2) is 18.5 Å². The molecule has 7 N–H and O–H groups in total. The number of hydrogen-bond acceptors (Lipinski definition) is 11. The highest BCUT2D eigenvalue weighted by atomic mass is 31.3. The predicted octanol–water partition coefficient (Wildman–Crippen LogP) is -0.0322. The number of aliphatic hydroxyl groups is 1. The van der Waals surface area contributed by atoms with Gasteiger partial charge in [-0.2, -0.15) is 13.7 Å². The number of alkyl halides is 1. The molecule has 20 heteroatoms. The van der Waals surface area contributed by atoms with Gasteiger partial charge >= 0.3 is 23.5 Å². The Kier molecular flexibility index (Phi) is 6.70. The number of fused-ring (bicyclic) bond motifs is 1. The third-order valence-electron chi connectivity index (χ3n) is 4.41. The van der Waals surface area contributed by atoms with Gasteiger partial charge in [0.25, 0.3) is 0 Å². The van der Waals surface area contributed by atoms with E-state index in [0.717, 1.165) is 6.33 Å². The zero-order valence-electron chi connectivity index (χ0n) is 15.9. The molecule has 0 spiro atoms. The molecule has 0 aromatic carbocycles. The number of rotatable bonds is 8. The number of nitrogen functional groups attached to an aromatic ring is 1. The lowest BCUT2D eigenvalue weighted by Gasteiger charge is -2.26. The van der Waals surface area contributed by atoms with E-state index in [1.165, 1.54) is 23.6 Å². The van der Waals surface area contributed by atoms with Crippen molar-refractivity contribution < 1.29 is 60.6 Å². The van der Waals surface area contributed by atoms with Gasteiger partial charge in [-0.25, -0.2) is 27.6 Å². The highest BCUT2D eigenvalue weighted by Crippen LogP contribution is 2.66. The van der Waals surface area contributed by atoms with Crippen LogP contribution >= 0.6 is 23.5 Å². The molecule has 1 fully saturated rings. The first kappa shape index (κ1) is 25.3. The van der Waals surface area contributed by atoms with Gasteiger partial charge in [0.1, 0.15) is 29.7 Å². The average Bonchev–Trinajstić information content (AvgIpc) is 3.14. The van der Waals surface area contributed by atoms with Crippen molar-refractivity contribution in [2.45, 2.75) is 30.9 Å². The van der Waals surface area contributed by atoms with E-state index in [9.17, 15) is 23.7 Å². The van der Waals surface area contributed by atoms with Gasteiger partial charge in [0.05, 0.1) is 12.3 Å². The average molecular weight is 522 g/mol. The highest BCUT2D eigenvalue weighted by molar-refractivity contribution is 7.66. The summed E-state index contributed by atoms with van der Waals surface area (Å²) in [6.45, 7) is 0.243. The summed E-state index contributed by atoms with van der Waals surface area (Å²) >= 11 is 0. The van der Waals surface area contributed by atoms with Gasteiger partial charge in [-0.3, -0.25) is 4.52 Å². The first-order chi connectivity index (χ1) is 14.5. The maximum atomic E-state index is 15.0. The van der Waals surface area contributed by atoms with E-state index in [2.05, 4.69) is 23.2 Å². The molecule has 0 radical (unpaired) electrons. The second-order valence-corrected chi connectivity index (χ2v) is 11.1. The minimum absolute atomic E-state index is 0.0908. The Morgan fingerprint density at radius 1 is 1.22 bits per heavy atom. The Labute approximate surface area is 178 Å². The van der Waals surface area contributed by atoms with Crippen LogP contribution in [0.5, 0.6) is 0 Å². The van der Waals surface area contributed by atoms with E-state index in [0.29, 0.717) is 5.52 Å². The normalized spacial score (nSPS) is 30.3. The number of aliphatic hydroxyl groups excluding tert-OH is 1. The minimum Gasteiger partial charge on any atom is -0.387 e. The van der Waals surface area contributed by atoms with Gasteiger partial charge in [-0.05, 0) is 19.1 Å². The van der Waals surface area contributed by atoms with Crippen molar-refractivity contribution >= 4 is 34.8 Å². The number of phosphoric ester groups is 1. The molecule has 2 aromatic heterocycles. The molecule has 180 valence electrons. The van der Waals surface area contributed by atoms with Crippen LogP contribution in [0.2, 0.25) is 0 Å². The van der Waals surface area contributed by atoms with E-state index in [1.54, 1.807) is 0 Å². The molecule has 1 saturated heterocycles. The molecule has 1 aliphatic rings. The summed E-state index contributed by atoms with van der Waals surface area (Å²) in [5.41, 5.74) is 4.34. The Morgan fingerprint density at radius 2 is 1.88 bits per heavy atom. The molecule has 0 aliphatic carbocycles. The zero-order valence-corrected chi connectivity index (χ0v) is 18.6. The second kappa shape index (κ2) is 8.47. The molecule has 3 rings (SSSR count). The monoisotopic (exact) mass is 522 g/mol. The van der Waals surface area contributed by atoms with Crippen LogP contribution in [0.4, 0.5) is 10.2 Å². The molecule has 3 heterocycles. The van der Waals surface area contributed by atoms with Crippen LogP contribution in [-0.4, -0.2) is 64.3 Å².